The van der Waals surface area contributed by atoms with E-state index in [4.69, 9.17) is 21.1 Å². The van der Waals surface area contributed by atoms with E-state index in [0.29, 0.717) is 22.1 Å². The lowest BCUT2D eigenvalue weighted by atomic mass is 10.1. The minimum Gasteiger partial charge on any atom is -0.493 e. The summed E-state index contributed by atoms with van der Waals surface area (Å²) in [6, 6.07) is 14.3. The third-order valence-corrected chi connectivity index (χ3v) is 4.07. The van der Waals surface area contributed by atoms with Gasteiger partial charge in [-0.3, -0.25) is 9.89 Å². The van der Waals surface area contributed by atoms with Crippen LogP contribution in [0.25, 0.3) is 17.3 Å². The lowest BCUT2D eigenvalue weighted by Crippen LogP contribution is -1.97. The molecule has 0 radical (unpaired) electrons. The predicted octanol–water partition coefficient (Wildman–Crippen LogP) is 5.67. The molecule has 6 heteroatoms. The second-order valence-electron chi connectivity index (χ2n) is 5.48. The number of halogens is 1. The third kappa shape index (κ3) is 5.24. The highest BCUT2D eigenvalue weighted by Crippen LogP contribution is 2.28. The van der Waals surface area contributed by atoms with Crippen LogP contribution in [-0.4, -0.2) is 30.2 Å². The molecular weight excluding hydrogens is 376 g/mol. The van der Waals surface area contributed by atoms with Gasteiger partial charge in [0.15, 0.2) is 17.3 Å². The molecule has 0 amide bonds. The van der Waals surface area contributed by atoms with E-state index < -0.39 is 0 Å². The number of hydrogen-bond acceptors (Lipinski definition) is 4. The van der Waals surface area contributed by atoms with Crippen LogP contribution in [0.15, 0.2) is 54.6 Å². The highest BCUT2D eigenvalue weighted by Gasteiger charge is 2.09. The lowest BCUT2D eigenvalue weighted by molar-refractivity contribution is 0.104. The molecule has 0 spiro atoms. The largest absolute Gasteiger partial charge is 0.493 e. The first-order valence-corrected chi connectivity index (χ1v) is 9.24. The van der Waals surface area contributed by atoms with Gasteiger partial charge in [0.05, 0.1) is 25.6 Å². The van der Waals surface area contributed by atoms with Crippen molar-refractivity contribution in [1.82, 2.24) is 10.2 Å². The topological polar surface area (TPSA) is 64.2 Å². The number of H-pyrrole nitrogens is 1. The highest BCUT2D eigenvalue weighted by atomic mass is 35.5. The Kier molecular flexibility index (Phi) is 7.84. The smallest absolute Gasteiger partial charge is 0.186 e. The Labute approximate surface area is 170 Å². The maximum atomic E-state index is 12.4. The maximum absolute atomic E-state index is 12.4. The molecule has 0 unspecified atom stereocenters. The summed E-state index contributed by atoms with van der Waals surface area (Å²) < 4.78 is 10.4. The molecule has 146 valence electrons. The van der Waals surface area contributed by atoms with E-state index in [1.807, 2.05) is 44.2 Å². The molecule has 3 rings (SSSR count). The van der Waals surface area contributed by atoms with Gasteiger partial charge in [-0.15, -0.1) is 0 Å². The standard InChI is InChI=1S/C20H17ClN2O3.C2H6/c1-25-19-10-5-14(11-20(19)26-2)18(24)9-8-16-12-17(23-22-16)13-3-6-15(21)7-4-13;1-2/h3-12H,1-2H3,(H,22,23);1-2H3/b9-8+;. The van der Waals surface area contributed by atoms with E-state index in [1.54, 1.807) is 31.4 Å². The van der Waals surface area contributed by atoms with Crippen molar-refractivity contribution in [2.45, 2.75) is 13.8 Å². The van der Waals surface area contributed by atoms with Crippen molar-refractivity contribution < 1.29 is 14.3 Å². The van der Waals surface area contributed by atoms with Crippen LogP contribution in [0.1, 0.15) is 29.9 Å². The van der Waals surface area contributed by atoms with Crippen molar-refractivity contribution in [1.29, 1.82) is 0 Å². The van der Waals surface area contributed by atoms with Gasteiger partial charge in [-0.25, -0.2) is 0 Å². The van der Waals surface area contributed by atoms with Crippen LogP contribution >= 0.6 is 11.6 Å². The average molecular weight is 399 g/mol. The molecule has 1 heterocycles. The van der Waals surface area contributed by atoms with Gasteiger partial charge in [0.25, 0.3) is 0 Å². The van der Waals surface area contributed by atoms with Crippen LogP contribution in [0.2, 0.25) is 5.02 Å². The highest BCUT2D eigenvalue weighted by molar-refractivity contribution is 6.30. The zero-order valence-corrected chi connectivity index (χ0v) is 17.1. The summed E-state index contributed by atoms with van der Waals surface area (Å²) in [6.07, 6.45) is 3.17. The molecule has 0 saturated heterocycles. The molecule has 0 saturated carbocycles. The van der Waals surface area contributed by atoms with Gasteiger partial charge in [0.2, 0.25) is 0 Å². The van der Waals surface area contributed by atoms with Crippen LogP contribution in [0.3, 0.4) is 0 Å². The number of carbonyl (C=O) groups excluding carboxylic acids is 1. The maximum Gasteiger partial charge on any atom is 0.186 e. The Hall–Kier alpha value is -3.05. The van der Waals surface area contributed by atoms with Crippen LogP contribution in [0.5, 0.6) is 11.5 Å². The molecule has 2 aromatic carbocycles. The summed E-state index contributed by atoms with van der Waals surface area (Å²) in [5.74, 6) is 0.945. The van der Waals surface area contributed by atoms with Gasteiger partial charge in [-0.05, 0) is 48.6 Å². The van der Waals surface area contributed by atoms with E-state index in [1.165, 1.54) is 13.2 Å². The van der Waals surface area contributed by atoms with Crippen molar-refractivity contribution in [3.05, 3.63) is 70.9 Å². The number of aromatic amines is 1. The van der Waals surface area contributed by atoms with E-state index in [2.05, 4.69) is 10.2 Å². The number of aromatic nitrogens is 2. The summed E-state index contributed by atoms with van der Waals surface area (Å²) in [5.41, 5.74) is 2.96. The molecular formula is C22H23ClN2O3. The Bertz CT molecular complexity index is 947. The second kappa shape index (κ2) is 10.3. The Balaban J connectivity index is 0.00000136. The number of hydrogen-bond donors (Lipinski definition) is 1. The first-order valence-electron chi connectivity index (χ1n) is 8.86. The van der Waals surface area contributed by atoms with E-state index >= 15 is 0 Å². The number of methoxy groups -OCH3 is 2. The number of rotatable bonds is 6. The third-order valence-electron chi connectivity index (χ3n) is 3.82. The number of carbonyl (C=O) groups is 1. The molecule has 1 aromatic heterocycles. The Morgan fingerprint density at radius 1 is 1.00 bits per heavy atom. The first kappa shape index (κ1) is 21.3. The van der Waals surface area contributed by atoms with Gasteiger partial charge >= 0.3 is 0 Å². The quantitative estimate of drug-likeness (QED) is 0.429. The molecule has 0 bridgehead atoms. The SMILES string of the molecule is CC.COc1ccc(C(=O)/C=C/c2cc(-c3ccc(Cl)cc3)n[nH]2)cc1OC. The van der Waals surface area contributed by atoms with Crippen molar-refractivity contribution in [2.75, 3.05) is 14.2 Å². The average Bonchev–Trinajstić information content (AvgIpc) is 3.22. The number of benzene rings is 2. The first-order chi connectivity index (χ1) is 13.6. The van der Waals surface area contributed by atoms with Gasteiger partial charge < -0.3 is 9.47 Å². The minimum atomic E-state index is -0.145. The minimum absolute atomic E-state index is 0.145. The van der Waals surface area contributed by atoms with Gasteiger partial charge in [-0.2, -0.15) is 5.10 Å². The summed E-state index contributed by atoms with van der Waals surface area (Å²) in [4.78, 5) is 12.4. The van der Waals surface area contributed by atoms with Crippen molar-refractivity contribution in [3.8, 4) is 22.8 Å². The number of ether oxygens (including phenoxy) is 2. The molecule has 28 heavy (non-hydrogen) atoms. The lowest BCUT2D eigenvalue weighted by Gasteiger charge is -2.07. The van der Waals surface area contributed by atoms with E-state index in [-0.39, 0.29) is 5.78 Å². The molecule has 1 N–H and O–H groups in total. The van der Waals surface area contributed by atoms with Crippen LogP contribution < -0.4 is 9.47 Å². The Morgan fingerprint density at radius 2 is 1.68 bits per heavy atom. The molecule has 5 nitrogen and oxygen atoms in total. The summed E-state index contributed by atoms with van der Waals surface area (Å²) in [7, 11) is 3.08. The number of allylic oxidation sites excluding steroid dienone is 1. The summed E-state index contributed by atoms with van der Waals surface area (Å²) in [5, 5.41) is 7.82. The fourth-order valence-corrected chi connectivity index (χ4v) is 2.57. The number of ketones is 1. The summed E-state index contributed by atoms with van der Waals surface area (Å²) in [6.45, 7) is 4.00. The van der Waals surface area contributed by atoms with Crippen molar-refractivity contribution in [3.63, 3.8) is 0 Å². The molecule has 0 aliphatic carbocycles. The summed E-state index contributed by atoms with van der Waals surface area (Å²) >= 11 is 5.89. The van der Waals surface area contributed by atoms with Crippen molar-refractivity contribution in [2.24, 2.45) is 0 Å². The van der Waals surface area contributed by atoms with Gasteiger partial charge in [0.1, 0.15) is 0 Å². The van der Waals surface area contributed by atoms with Crippen LogP contribution in [-0.2, 0) is 0 Å². The number of nitrogens with zero attached hydrogens (tertiary/aromatic N) is 1. The van der Waals surface area contributed by atoms with Crippen LogP contribution in [0, 0.1) is 0 Å². The fraction of sp³-hybridized carbons (Fsp3) is 0.182. The molecule has 0 aliphatic rings. The molecule has 3 aromatic rings. The van der Waals surface area contributed by atoms with Crippen molar-refractivity contribution >= 4 is 23.5 Å². The van der Waals surface area contributed by atoms with Gasteiger partial charge in [0, 0.05) is 16.1 Å². The zero-order valence-electron chi connectivity index (χ0n) is 16.3. The van der Waals surface area contributed by atoms with Gasteiger partial charge in [-0.1, -0.05) is 37.6 Å². The Morgan fingerprint density at radius 3 is 2.32 bits per heavy atom. The fourth-order valence-electron chi connectivity index (χ4n) is 2.44. The normalized spacial score (nSPS) is 10.3. The second-order valence-corrected chi connectivity index (χ2v) is 5.92. The molecule has 0 aliphatic heterocycles. The molecule has 0 atom stereocenters. The van der Waals surface area contributed by atoms with E-state index in [0.717, 1.165) is 17.0 Å². The predicted molar refractivity (Wildman–Crippen MR) is 113 cm³/mol. The molecule has 0 fully saturated rings. The number of nitrogens with one attached hydrogen (secondary N) is 1. The zero-order chi connectivity index (χ0) is 20.5. The monoisotopic (exact) mass is 398 g/mol. The van der Waals surface area contributed by atoms with E-state index in [9.17, 15) is 4.79 Å². The van der Waals surface area contributed by atoms with Crippen LogP contribution in [0.4, 0.5) is 0 Å².